The average Bonchev–Trinajstić information content (AvgIpc) is 3.20. The third-order valence-corrected chi connectivity index (χ3v) is 7.12. The number of urea groups is 1. The molecule has 4 rings (SSSR count). The monoisotopic (exact) mass is 446 g/mol. The number of carbonyl (C=O) groups is 2. The zero-order chi connectivity index (χ0) is 21.1. The number of esters is 1. The van der Waals surface area contributed by atoms with Crippen molar-refractivity contribution in [3.05, 3.63) is 29.8 Å². The van der Waals surface area contributed by atoms with Crippen molar-refractivity contribution in [1.82, 2.24) is 10.2 Å². The van der Waals surface area contributed by atoms with E-state index in [0.717, 1.165) is 62.9 Å². The van der Waals surface area contributed by atoms with Gasteiger partial charge in [-0.2, -0.15) is 5.26 Å². The second-order valence-electron chi connectivity index (χ2n) is 8.65. The first-order valence-electron chi connectivity index (χ1n) is 11.0. The summed E-state index contributed by atoms with van der Waals surface area (Å²) in [7, 11) is 1.44. The molecule has 2 amide bonds. The predicted molar refractivity (Wildman–Crippen MR) is 120 cm³/mol. The number of nitrogens with zero attached hydrogens (tertiary/aromatic N) is 3. The average molecular weight is 447 g/mol. The predicted octanol–water partition coefficient (Wildman–Crippen LogP) is 3.23. The highest BCUT2D eigenvalue weighted by Crippen LogP contribution is 2.35. The van der Waals surface area contributed by atoms with Crippen molar-refractivity contribution in [2.75, 3.05) is 38.2 Å². The lowest BCUT2D eigenvalue weighted by Gasteiger charge is -2.33. The Bertz CT molecular complexity index is 824. The number of piperidine rings is 1. The third-order valence-electron chi connectivity index (χ3n) is 7.12. The van der Waals surface area contributed by atoms with Crippen LogP contribution < -0.4 is 10.2 Å². The second kappa shape index (κ2) is 9.88. The van der Waals surface area contributed by atoms with Crippen molar-refractivity contribution < 1.29 is 14.3 Å². The topological polar surface area (TPSA) is 85.7 Å². The summed E-state index contributed by atoms with van der Waals surface area (Å²) in [6.45, 7) is 3.09. The van der Waals surface area contributed by atoms with E-state index < -0.39 is 5.41 Å². The Labute approximate surface area is 190 Å². The number of hydrogen-bond acceptors (Lipinski definition) is 5. The summed E-state index contributed by atoms with van der Waals surface area (Å²) in [6, 6.07) is 10.8. The summed E-state index contributed by atoms with van der Waals surface area (Å²) in [4.78, 5) is 28.6. The number of hydrogen-bond donors (Lipinski definition) is 1. The number of benzene rings is 1. The van der Waals surface area contributed by atoms with Crippen LogP contribution in [0.2, 0.25) is 0 Å². The lowest BCUT2D eigenvalue weighted by molar-refractivity contribution is -0.146. The Balaban J connectivity index is 0.00000272. The number of carbonyl (C=O) groups excluding carboxylic acids is 2. The Morgan fingerprint density at radius 1 is 1.13 bits per heavy atom. The van der Waals surface area contributed by atoms with Gasteiger partial charge in [0.05, 0.1) is 24.5 Å². The van der Waals surface area contributed by atoms with E-state index in [2.05, 4.69) is 11.4 Å². The van der Waals surface area contributed by atoms with E-state index >= 15 is 0 Å². The SMILES string of the molecule is COC(=O)C1CCC(N2CCN(c3ccc(C4(C#N)CCNCC4)cc3)C2=O)CC1.Cl. The molecular formula is C23H31ClN4O3. The first-order valence-corrected chi connectivity index (χ1v) is 11.0. The molecule has 1 aromatic carbocycles. The summed E-state index contributed by atoms with van der Waals surface area (Å²) in [5.41, 5.74) is 1.50. The highest BCUT2D eigenvalue weighted by Gasteiger charge is 2.38. The van der Waals surface area contributed by atoms with Crippen LogP contribution in [0.1, 0.15) is 44.1 Å². The maximum Gasteiger partial charge on any atom is 0.324 e. The zero-order valence-electron chi connectivity index (χ0n) is 18.0. The van der Waals surface area contributed by atoms with Crippen LogP contribution in [0.15, 0.2) is 24.3 Å². The molecule has 1 aliphatic carbocycles. The summed E-state index contributed by atoms with van der Waals surface area (Å²) >= 11 is 0. The van der Waals surface area contributed by atoms with Crippen LogP contribution in [0, 0.1) is 17.2 Å². The molecule has 1 aromatic rings. The Hall–Kier alpha value is -2.30. The van der Waals surface area contributed by atoms with E-state index in [1.54, 1.807) is 0 Å². The Morgan fingerprint density at radius 3 is 2.35 bits per heavy atom. The van der Waals surface area contributed by atoms with Gasteiger partial charge in [0.1, 0.15) is 0 Å². The van der Waals surface area contributed by atoms with Gasteiger partial charge in [-0.3, -0.25) is 9.69 Å². The molecule has 3 fully saturated rings. The maximum absolute atomic E-state index is 13.1. The lowest BCUT2D eigenvalue weighted by Crippen LogP contribution is -2.42. The molecule has 0 spiro atoms. The molecule has 8 heteroatoms. The smallest absolute Gasteiger partial charge is 0.324 e. The van der Waals surface area contributed by atoms with Gasteiger partial charge in [0.15, 0.2) is 0 Å². The molecule has 0 aromatic heterocycles. The van der Waals surface area contributed by atoms with E-state index in [9.17, 15) is 14.9 Å². The minimum Gasteiger partial charge on any atom is -0.469 e. The number of halogens is 1. The molecule has 1 N–H and O–H groups in total. The van der Waals surface area contributed by atoms with Crippen LogP contribution in [0.3, 0.4) is 0 Å². The molecule has 3 aliphatic rings. The molecule has 0 bridgehead atoms. The minimum absolute atomic E-state index is 0. The van der Waals surface area contributed by atoms with Crippen molar-refractivity contribution in [3.63, 3.8) is 0 Å². The zero-order valence-corrected chi connectivity index (χ0v) is 18.8. The van der Waals surface area contributed by atoms with Gasteiger partial charge in [0.2, 0.25) is 0 Å². The van der Waals surface area contributed by atoms with Gasteiger partial charge in [0.25, 0.3) is 0 Å². The molecule has 2 saturated heterocycles. The lowest BCUT2D eigenvalue weighted by atomic mass is 9.74. The van der Waals surface area contributed by atoms with Gasteiger partial charge < -0.3 is 15.0 Å². The van der Waals surface area contributed by atoms with Crippen molar-refractivity contribution in [3.8, 4) is 6.07 Å². The number of nitrogens with one attached hydrogen (secondary N) is 1. The molecule has 168 valence electrons. The van der Waals surface area contributed by atoms with Crippen LogP contribution in [0.5, 0.6) is 0 Å². The van der Waals surface area contributed by atoms with Crippen molar-refractivity contribution in [2.24, 2.45) is 5.92 Å². The van der Waals surface area contributed by atoms with Crippen molar-refractivity contribution >= 4 is 30.1 Å². The van der Waals surface area contributed by atoms with Gasteiger partial charge in [-0.25, -0.2) is 4.79 Å². The van der Waals surface area contributed by atoms with Gasteiger partial charge >= 0.3 is 12.0 Å². The van der Waals surface area contributed by atoms with Crippen molar-refractivity contribution in [1.29, 1.82) is 5.26 Å². The third kappa shape index (κ3) is 4.51. The molecule has 31 heavy (non-hydrogen) atoms. The molecule has 0 radical (unpaired) electrons. The number of rotatable bonds is 4. The molecule has 1 saturated carbocycles. The van der Waals surface area contributed by atoms with Crippen LogP contribution in [-0.4, -0.2) is 56.2 Å². The van der Waals surface area contributed by atoms with E-state index in [0.29, 0.717) is 13.1 Å². The number of ether oxygens (including phenoxy) is 1. The molecule has 2 heterocycles. The standard InChI is InChI=1S/C23H30N4O3.ClH/c1-30-21(28)17-2-6-19(7-3-17)26-14-15-27(22(26)29)20-8-4-18(5-9-20)23(16-24)10-12-25-13-11-23;/h4-5,8-9,17,19,25H,2-3,6-7,10-15H2,1H3;1H. The molecule has 2 aliphatic heterocycles. The molecular weight excluding hydrogens is 416 g/mol. The Kier molecular flexibility index (Phi) is 7.45. The highest BCUT2D eigenvalue weighted by atomic mass is 35.5. The number of nitriles is 1. The summed E-state index contributed by atoms with van der Waals surface area (Å²) in [6.07, 6.45) is 4.87. The molecule has 0 atom stereocenters. The second-order valence-corrected chi connectivity index (χ2v) is 8.65. The quantitative estimate of drug-likeness (QED) is 0.717. The molecule has 7 nitrogen and oxygen atoms in total. The van der Waals surface area contributed by atoms with Crippen LogP contribution in [0.4, 0.5) is 10.5 Å². The van der Waals surface area contributed by atoms with Gasteiger partial charge in [-0.15, -0.1) is 12.4 Å². The van der Waals surface area contributed by atoms with Crippen LogP contribution in [0.25, 0.3) is 0 Å². The maximum atomic E-state index is 13.1. The summed E-state index contributed by atoms with van der Waals surface area (Å²) < 4.78 is 4.86. The Morgan fingerprint density at radius 2 is 1.77 bits per heavy atom. The summed E-state index contributed by atoms with van der Waals surface area (Å²) in [5, 5.41) is 13.1. The summed E-state index contributed by atoms with van der Waals surface area (Å²) in [5.74, 6) is -0.165. The van der Waals surface area contributed by atoms with E-state index in [-0.39, 0.29) is 36.4 Å². The van der Waals surface area contributed by atoms with Gasteiger partial charge in [-0.1, -0.05) is 12.1 Å². The van der Waals surface area contributed by atoms with Gasteiger partial charge in [0, 0.05) is 24.8 Å². The molecule has 0 unspecified atom stereocenters. The fraction of sp³-hybridized carbons (Fsp3) is 0.609. The minimum atomic E-state index is -0.427. The van der Waals surface area contributed by atoms with E-state index in [4.69, 9.17) is 4.74 Å². The fourth-order valence-corrected chi connectivity index (χ4v) is 5.20. The van der Waals surface area contributed by atoms with Crippen molar-refractivity contribution in [2.45, 2.75) is 50.0 Å². The largest absolute Gasteiger partial charge is 0.469 e. The number of methoxy groups -OCH3 is 1. The van der Waals surface area contributed by atoms with E-state index in [1.807, 2.05) is 34.1 Å². The highest BCUT2D eigenvalue weighted by molar-refractivity contribution is 5.94. The normalized spacial score (nSPS) is 25.5. The number of anilines is 1. The number of amides is 2. The van der Waals surface area contributed by atoms with Crippen LogP contribution in [-0.2, 0) is 14.9 Å². The first-order chi connectivity index (χ1) is 14.6. The first kappa shape index (κ1) is 23.4. The van der Waals surface area contributed by atoms with Crippen LogP contribution >= 0.6 is 12.4 Å². The van der Waals surface area contributed by atoms with Gasteiger partial charge in [-0.05, 0) is 69.3 Å². The fourth-order valence-electron chi connectivity index (χ4n) is 5.20. The van der Waals surface area contributed by atoms with E-state index in [1.165, 1.54) is 7.11 Å².